The van der Waals surface area contributed by atoms with Crippen LogP contribution in [0.5, 0.6) is 0 Å². The molecule has 2 heterocycles. The van der Waals surface area contributed by atoms with Gasteiger partial charge in [-0.05, 0) is 68.1 Å². The molecule has 5 nitrogen and oxygen atoms in total. The number of aliphatic hydroxyl groups is 1. The lowest BCUT2D eigenvalue weighted by atomic mass is 9.64. The fraction of sp³-hybridized carbons (Fsp3) is 0.840. The van der Waals surface area contributed by atoms with E-state index in [1.165, 1.54) is 12.8 Å². The van der Waals surface area contributed by atoms with Crippen molar-refractivity contribution in [1.82, 2.24) is 10.2 Å². The number of nitrogens with zero attached hydrogens (tertiary/aromatic N) is 2. The van der Waals surface area contributed by atoms with E-state index in [0.717, 1.165) is 62.5 Å². The number of aliphatic hydroxyl groups excluding tert-OH is 1. The molecule has 1 aliphatic carbocycles. The summed E-state index contributed by atoms with van der Waals surface area (Å²) in [6.07, 6.45) is 9.67. The van der Waals surface area contributed by atoms with Crippen molar-refractivity contribution in [3.8, 4) is 0 Å². The third-order valence-corrected chi connectivity index (χ3v) is 8.06. The second kappa shape index (κ2) is 10.8. The molecule has 3 rings (SSSR count). The minimum atomic E-state index is -0.213. The lowest BCUT2D eigenvalue weighted by molar-refractivity contribution is -0.140. The number of carbonyl (C=O) groups is 1. The molecule has 2 N–H and O–H groups in total. The number of hydrogen-bond donors (Lipinski definition) is 2. The Bertz CT molecular complexity index is 680. The summed E-state index contributed by atoms with van der Waals surface area (Å²) in [5, 5.41) is 13.2. The zero-order valence-electron chi connectivity index (χ0n) is 19.9. The van der Waals surface area contributed by atoms with Gasteiger partial charge in [0.05, 0.1) is 18.3 Å². The molecule has 3 aliphatic rings. The van der Waals surface area contributed by atoms with Crippen LogP contribution in [0.15, 0.2) is 16.8 Å². The maximum absolute atomic E-state index is 13.5. The van der Waals surface area contributed by atoms with Gasteiger partial charge in [-0.15, -0.1) is 11.6 Å². The van der Waals surface area contributed by atoms with Gasteiger partial charge in [-0.2, -0.15) is 0 Å². The van der Waals surface area contributed by atoms with Gasteiger partial charge in [0.2, 0.25) is 5.91 Å². The molecular formula is C25H42ClN3O2. The topological polar surface area (TPSA) is 64.9 Å². The predicted octanol–water partition coefficient (Wildman–Crippen LogP) is 4.38. The quantitative estimate of drug-likeness (QED) is 0.564. The second-order valence-corrected chi connectivity index (χ2v) is 11.4. The smallest absolute Gasteiger partial charge is 0.239 e. The standard InChI is InChI=1S/C25H42ClN3O2/c1-17(2)23(27-14-20-6-5-7-21(15-30)28-20)24(31)29-13-12-22(25(3,4)16-29)18-8-10-19(26)11-9-18/h6,17-19,22-23,27,30H,5,7-16H2,1-4H3/t18?,19?,22?,23-/m1/s1. The van der Waals surface area contributed by atoms with Crippen molar-refractivity contribution in [1.29, 1.82) is 0 Å². The zero-order chi connectivity index (χ0) is 22.6. The number of alkyl halides is 1. The summed E-state index contributed by atoms with van der Waals surface area (Å²) in [6, 6.07) is -0.213. The van der Waals surface area contributed by atoms with Gasteiger partial charge in [-0.1, -0.05) is 33.8 Å². The Morgan fingerprint density at radius 3 is 2.61 bits per heavy atom. The highest BCUT2D eigenvalue weighted by atomic mass is 35.5. The fourth-order valence-corrected chi connectivity index (χ4v) is 6.12. The van der Waals surface area contributed by atoms with Crippen LogP contribution in [-0.2, 0) is 4.79 Å². The maximum Gasteiger partial charge on any atom is 0.239 e. The largest absolute Gasteiger partial charge is 0.390 e. The molecule has 2 fully saturated rings. The molecule has 0 aromatic carbocycles. The Labute approximate surface area is 193 Å². The number of likely N-dealkylation sites (tertiary alicyclic amines) is 1. The number of piperidine rings is 1. The first kappa shape index (κ1) is 24.7. The van der Waals surface area contributed by atoms with E-state index in [9.17, 15) is 9.90 Å². The fourth-order valence-electron chi connectivity index (χ4n) is 5.87. The number of carbonyl (C=O) groups excluding carboxylic acids is 1. The van der Waals surface area contributed by atoms with Gasteiger partial charge in [0.1, 0.15) is 0 Å². The van der Waals surface area contributed by atoms with Crippen molar-refractivity contribution in [2.75, 3.05) is 26.2 Å². The summed E-state index contributed by atoms with van der Waals surface area (Å²) < 4.78 is 0. The SMILES string of the molecule is CC(C)[C@@H](NCC1=CCCC(CO)=N1)C(=O)N1CCC(C2CCC(Cl)CC2)C(C)(C)C1. The lowest BCUT2D eigenvalue weighted by Gasteiger charge is -2.49. The highest BCUT2D eigenvalue weighted by Gasteiger charge is 2.43. The van der Waals surface area contributed by atoms with Crippen LogP contribution in [-0.4, -0.2) is 59.3 Å². The molecule has 2 aliphatic heterocycles. The summed E-state index contributed by atoms with van der Waals surface area (Å²) in [6.45, 7) is 11.2. The molecule has 6 heteroatoms. The van der Waals surface area contributed by atoms with Crippen molar-refractivity contribution >= 4 is 23.2 Å². The summed E-state index contributed by atoms with van der Waals surface area (Å²) in [4.78, 5) is 20.1. The summed E-state index contributed by atoms with van der Waals surface area (Å²) in [7, 11) is 0. The average molecular weight is 452 g/mol. The van der Waals surface area contributed by atoms with Gasteiger partial charge >= 0.3 is 0 Å². The van der Waals surface area contributed by atoms with E-state index in [2.05, 4.69) is 49.0 Å². The van der Waals surface area contributed by atoms with E-state index in [0.29, 0.717) is 17.8 Å². The van der Waals surface area contributed by atoms with E-state index >= 15 is 0 Å². The molecule has 1 saturated heterocycles. The molecule has 1 amide bonds. The van der Waals surface area contributed by atoms with Gasteiger partial charge in [0.15, 0.2) is 0 Å². The monoisotopic (exact) mass is 451 g/mol. The van der Waals surface area contributed by atoms with E-state index in [1.807, 2.05) is 0 Å². The number of amides is 1. The van der Waals surface area contributed by atoms with Crippen molar-refractivity contribution in [3.05, 3.63) is 11.8 Å². The Morgan fingerprint density at radius 2 is 2.00 bits per heavy atom. The minimum Gasteiger partial charge on any atom is -0.390 e. The van der Waals surface area contributed by atoms with Crippen LogP contribution >= 0.6 is 11.6 Å². The van der Waals surface area contributed by atoms with E-state index in [4.69, 9.17) is 11.6 Å². The molecule has 1 unspecified atom stereocenters. The Morgan fingerprint density at radius 1 is 1.29 bits per heavy atom. The number of halogens is 1. The van der Waals surface area contributed by atoms with Gasteiger partial charge in [-0.3, -0.25) is 15.1 Å². The Balaban J connectivity index is 1.59. The molecule has 176 valence electrons. The number of nitrogens with one attached hydrogen (secondary N) is 1. The van der Waals surface area contributed by atoms with Gasteiger partial charge in [0.25, 0.3) is 0 Å². The normalized spacial score (nSPS) is 30.0. The van der Waals surface area contributed by atoms with Crippen LogP contribution in [0.25, 0.3) is 0 Å². The van der Waals surface area contributed by atoms with E-state index < -0.39 is 0 Å². The van der Waals surface area contributed by atoms with Crippen molar-refractivity contribution in [2.45, 2.75) is 84.1 Å². The van der Waals surface area contributed by atoms with Crippen LogP contribution in [0.4, 0.5) is 0 Å². The number of rotatable bonds is 7. The molecule has 0 aromatic rings. The highest BCUT2D eigenvalue weighted by molar-refractivity contribution is 6.20. The zero-order valence-corrected chi connectivity index (χ0v) is 20.6. The first-order valence-corrected chi connectivity index (χ1v) is 12.7. The highest BCUT2D eigenvalue weighted by Crippen LogP contribution is 2.45. The van der Waals surface area contributed by atoms with Gasteiger partial charge in [-0.25, -0.2) is 0 Å². The number of allylic oxidation sites excluding steroid dienone is 1. The van der Waals surface area contributed by atoms with Gasteiger partial charge in [0, 0.05) is 30.7 Å². The molecule has 31 heavy (non-hydrogen) atoms. The number of hydrogen-bond acceptors (Lipinski definition) is 4. The lowest BCUT2D eigenvalue weighted by Crippen LogP contribution is -2.56. The maximum atomic E-state index is 13.5. The summed E-state index contributed by atoms with van der Waals surface area (Å²) >= 11 is 6.34. The second-order valence-electron chi connectivity index (χ2n) is 10.8. The third-order valence-electron chi connectivity index (χ3n) is 7.63. The first-order valence-electron chi connectivity index (χ1n) is 12.2. The Hall–Kier alpha value is -0.910. The van der Waals surface area contributed by atoms with Crippen LogP contribution in [0.3, 0.4) is 0 Å². The van der Waals surface area contributed by atoms with Crippen molar-refractivity contribution < 1.29 is 9.90 Å². The van der Waals surface area contributed by atoms with Crippen LogP contribution in [0, 0.1) is 23.2 Å². The summed E-state index contributed by atoms with van der Waals surface area (Å²) in [5.74, 6) is 1.84. The molecule has 0 aromatic heterocycles. The molecular weight excluding hydrogens is 410 g/mol. The van der Waals surface area contributed by atoms with Crippen molar-refractivity contribution in [2.24, 2.45) is 28.2 Å². The van der Waals surface area contributed by atoms with E-state index in [1.54, 1.807) is 0 Å². The Kier molecular flexibility index (Phi) is 8.62. The minimum absolute atomic E-state index is 0.0143. The molecule has 2 atom stereocenters. The van der Waals surface area contributed by atoms with E-state index in [-0.39, 0.29) is 29.9 Å². The third kappa shape index (κ3) is 6.33. The van der Waals surface area contributed by atoms with Crippen LogP contribution in [0.2, 0.25) is 0 Å². The molecule has 0 bridgehead atoms. The average Bonchev–Trinajstić information content (AvgIpc) is 2.74. The molecule has 0 radical (unpaired) electrons. The van der Waals surface area contributed by atoms with Crippen LogP contribution in [0.1, 0.15) is 72.6 Å². The molecule has 1 saturated carbocycles. The van der Waals surface area contributed by atoms with Crippen LogP contribution < -0.4 is 5.32 Å². The summed E-state index contributed by atoms with van der Waals surface area (Å²) in [5.41, 5.74) is 1.90. The number of aliphatic imine (C=N–C) groups is 1. The predicted molar refractivity (Wildman–Crippen MR) is 129 cm³/mol. The van der Waals surface area contributed by atoms with Crippen molar-refractivity contribution in [3.63, 3.8) is 0 Å². The first-order chi connectivity index (χ1) is 14.7. The van der Waals surface area contributed by atoms with Gasteiger partial charge < -0.3 is 10.0 Å². The molecule has 0 spiro atoms.